The largest absolute Gasteiger partial charge is 0.444 e. The maximum atomic E-state index is 13.8. The van der Waals surface area contributed by atoms with E-state index in [1.54, 1.807) is 20.8 Å². The molecule has 3 fully saturated rings. The summed E-state index contributed by atoms with van der Waals surface area (Å²) < 4.78 is 5.43. The zero-order valence-electron chi connectivity index (χ0n) is 25.3. The van der Waals surface area contributed by atoms with Crippen molar-refractivity contribution in [2.24, 2.45) is 17.6 Å². The second-order valence-electron chi connectivity index (χ2n) is 12.6. The minimum atomic E-state index is -1.07. The molecule has 10 heteroatoms. The second kappa shape index (κ2) is 16.0. The highest BCUT2D eigenvalue weighted by Gasteiger charge is 2.42. The van der Waals surface area contributed by atoms with Crippen molar-refractivity contribution in [2.45, 2.75) is 142 Å². The molecule has 1 saturated heterocycles. The summed E-state index contributed by atoms with van der Waals surface area (Å²) in [5.41, 5.74) is 4.57. The highest BCUT2D eigenvalue weighted by atomic mass is 16.6. The van der Waals surface area contributed by atoms with Gasteiger partial charge in [-0.05, 0) is 64.7 Å². The standard InChI is InChI=1S/C27H44N4O6.C3H8/c1-27(2,3)37-26(36)30-21(18-12-5-4-6-13-18)25(35)31-15-9-14-20(31)24(34)29-19(22(32)23(28)33)16-17-10-7-8-11-17;1-3-2/h17-21H,4-16H2,1-3H3,(H2,28,33)(H,29,34)(H,30,36);3H2,1-2H3/t19?,20-,21-;/m0./s1. The summed E-state index contributed by atoms with van der Waals surface area (Å²) in [6, 6.07) is -2.55. The van der Waals surface area contributed by atoms with Crippen LogP contribution in [0.4, 0.5) is 4.79 Å². The number of primary amides is 1. The normalized spacial score (nSPS) is 21.5. The minimum Gasteiger partial charge on any atom is -0.444 e. The number of nitrogens with zero attached hydrogens (tertiary/aromatic N) is 1. The highest BCUT2D eigenvalue weighted by molar-refractivity contribution is 6.37. The summed E-state index contributed by atoms with van der Waals surface area (Å²) in [6.07, 6.45) is 10.8. The van der Waals surface area contributed by atoms with Crippen molar-refractivity contribution in [3.05, 3.63) is 0 Å². The van der Waals surface area contributed by atoms with Crippen molar-refractivity contribution in [1.29, 1.82) is 0 Å². The summed E-state index contributed by atoms with van der Waals surface area (Å²) in [7, 11) is 0. The number of nitrogens with two attached hydrogens (primary N) is 1. The zero-order valence-corrected chi connectivity index (χ0v) is 25.3. The van der Waals surface area contributed by atoms with Gasteiger partial charge in [-0.2, -0.15) is 0 Å². The van der Waals surface area contributed by atoms with Crippen LogP contribution >= 0.6 is 0 Å². The smallest absolute Gasteiger partial charge is 0.408 e. The Labute approximate surface area is 239 Å². The number of carbonyl (C=O) groups excluding carboxylic acids is 5. The molecule has 2 saturated carbocycles. The minimum absolute atomic E-state index is 0.0374. The molecule has 40 heavy (non-hydrogen) atoms. The monoisotopic (exact) mass is 564 g/mol. The Bertz CT molecular complexity index is 874. The first-order chi connectivity index (χ1) is 18.9. The Kier molecular flexibility index (Phi) is 13.4. The number of Topliss-reactive ketones (excluding diaryl/α,β-unsaturated/α-hetero) is 1. The molecule has 0 aromatic carbocycles. The van der Waals surface area contributed by atoms with Gasteiger partial charge in [-0.15, -0.1) is 0 Å². The number of alkyl carbamates (subject to hydrolysis) is 1. The number of likely N-dealkylation sites (tertiary alicyclic amines) is 1. The lowest BCUT2D eigenvalue weighted by Crippen LogP contribution is -2.58. The van der Waals surface area contributed by atoms with Gasteiger partial charge >= 0.3 is 6.09 Å². The van der Waals surface area contributed by atoms with E-state index in [9.17, 15) is 24.0 Å². The maximum absolute atomic E-state index is 13.8. The first-order valence-electron chi connectivity index (χ1n) is 15.3. The van der Waals surface area contributed by atoms with Gasteiger partial charge in [0.1, 0.15) is 17.7 Å². The third-order valence-electron chi connectivity index (χ3n) is 7.82. The SMILES string of the molecule is CC(C)(C)OC(=O)N[C@H](C(=O)N1CCC[C@H]1C(=O)NC(CC1CCCC1)C(=O)C(N)=O)C1CCCCC1.CCC. The van der Waals surface area contributed by atoms with Crippen LogP contribution in [0.5, 0.6) is 0 Å². The summed E-state index contributed by atoms with van der Waals surface area (Å²) >= 11 is 0. The van der Waals surface area contributed by atoms with E-state index in [4.69, 9.17) is 10.5 Å². The van der Waals surface area contributed by atoms with Gasteiger partial charge < -0.3 is 26.0 Å². The fraction of sp³-hybridized carbons (Fsp3) is 0.833. The van der Waals surface area contributed by atoms with Crippen molar-refractivity contribution in [1.82, 2.24) is 15.5 Å². The van der Waals surface area contributed by atoms with Crippen LogP contribution in [0.3, 0.4) is 0 Å². The number of hydrogen-bond donors (Lipinski definition) is 3. The van der Waals surface area contributed by atoms with Crippen LogP contribution in [0, 0.1) is 11.8 Å². The van der Waals surface area contributed by atoms with Gasteiger partial charge in [0.15, 0.2) is 0 Å². The van der Waals surface area contributed by atoms with Crippen LogP contribution in [0.1, 0.15) is 118 Å². The number of amides is 4. The van der Waals surface area contributed by atoms with Crippen LogP contribution in [0.15, 0.2) is 0 Å². The van der Waals surface area contributed by atoms with E-state index in [0.717, 1.165) is 57.8 Å². The van der Waals surface area contributed by atoms with Crippen LogP contribution in [0.2, 0.25) is 0 Å². The number of nitrogens with one attached hydrogen (secondary N) is 2. The van der Waals surface area contributed by atoms with Gasteiger partial charge in [0.05, 0.1) is 6.04 Å². The number of ketones is 1. The molecule has 228 valence electrons. The van der Waals surface area contributed by atoms with Crippen LogP contribution in [0.25, 0.3) is 0 Å². The molecular weight excluding hydrogens is 512 g/mol. The van der Waals surface area contributed by atoms with Crippen LogP contribution in [-0.4, -0.2) is 64.8 Å². The zero-order chi connectivity index (χ0) is 29.9. The first-order valence-corrected chi connectivity index (χ1v) is 15.3. The molecule has 4 N–H and O–H groups in total. The molecule has 0 aromatic heterocycles. The third-order valence-corrected chi connectivity index (χ3v) is 7.82. The highest BCUT2D eigenvalue weighted by Crippen LogP contribution is 2.31. The van der Waals surface area contributed by atoms with Crippen molar-refractivity contribution >= 4 is 29.6 Å². The second-order valence-corrected chi connectivity index (χ2v) is 12.6. The molecule has 0 spiro atoms. The van der Waals surface area contributed by atoms with E-state index in [2.05, 4.69) is 24.5 Å². The predicted octanol–water partition coefficient (Wildman–Crippen LogP) is 3.99. The number of rotatable bonds is 9. The summed E-state index contributed by atoms with van der Waals surface area (Å²) in [4.78, 5) is 65.5. The van der Waals surface area contributed by atoms with Gasteiger partial charge in [0.2, 0.25) is 17.6 Å². The summed E-state index contributed by atoms with van der Waals surface area (Å²) in [5.74, 6) is -2.41. The number of carbonyl (C=O) groups is 5. The topological polar surface area (TPSA) is 148 Å². The van der Waals surface area contributed by atoms with Crippen molar-refractivity contribution in [2.75, 3.05) is 6.54 Å². The number of ether oxygens (including phenoxy) is 1. The number of hydrogen-bond acceptors (Lipinski definition) is 6. The molecular formula is C30H52N4O6. The molecule has 1 aliphatic heterocycles. The molecule has 0 radical (unpaired) electrons. The van der Waals surface area contributed by atoms with Crippen LogP contribution in [-0.2, 0) is 23.9 Å². The fourth-order valence-corrected chi connectivity index (χ4v) is 6.02. The molecule has 3 atom stereocenters. The molecule has 3 aliphatic rings. The Hall–Kier alpha value is -2.65. The van der Waals surface area contributed by atoms with E-state index in [-0.39, 0.29) is 17.7 Å². The molecule has 1 heterocycles. The molecule has 1 unspecified atom stereocenters. The summed E-state index contributed by atoms with van der Waals surface area (Å²) in [5, 5.41) is 5.55. The molecule has 3 rings (SSSR count). The van der Waals surface area contributed by atoms with Crippen molar-refractivity contribution in [3.63, 3.8) is 0 Å². The van der Waals surface area contributed by atoms with E-state index in [1.165, 1.54) is 11.3 Å². The average molecular weight is 565 g/mol. The van der Waals surface area contributed by atoms with Crippen molar-refractivity contribution in [3.8, 4) is 0 Å². The molecule has 2 aliphatic carbocycles. The molecule has 10 nitrogen and oxygen atoms in total. The summed E-state index contributed by atoms with van der Waals surface area (Å²) in [6.45, 7) is 9.92. The Morgan fingerprint density at radius 2 is 1.45 bits per heavy atom. The van der Waals surface area contributed by atoms with E-state index >= 15 is 0 Å². The van der Waals surface area contributed by atoms with Gasteiger partial charge in [0.25, 0.3) is 5.91 Å². The Morgan fingerprint density at radius 1 is 0.875 bits per heavy atom. The van der Waals surface area contributed by atoms with Gasteiger partial charge in [-0.25, -0.2) is 4.79 Å². The third kappa shape index (κ3) is 10.4. The van der Waals surface area contributed by atoms with Gasteiger partial charge in [0, 0.05) is 6.54 Å². The molecule has 0 bridgehead atoms. The lowest BCUT2D eigenvalue weighted by molar-refractivity contribution is -0.143. The first kappa shape index (κ1) is 33.6. The molecule has 0 aromatic rings. The predicted molar refractivity (Wildman–Crippen MR) is 153 cm³/mol. The van der Waals surface area contributed by atoms with Gasteiger partial charge in [-0.1, -0.05) is 65.2 Å². The van der Waals surface area contributed by atoms with Gasteiger partial charge in [-0.3, -0.25) is 19.2 Å². The van der Waals surface area contributed by atoms with Crippen molar-refractivity contribution < 1.29 is 28.7 Å². The molecule has 4 amide bonds. The lowest BCUT2D eigenvalue weighted by Gasteiger charge is -2.35. The average Bonchev–Trinajstić information content (AvgIpc) is 3.58. The Balaban J connectivity index is 0.00000178. The Morgan fingerprint density at radius 3 is 2.00 bits per heavy atom. The van der Waals surface area contributed by atoms with E-state index in [1.807, 2.05) is 0 Å². The lowest BCUT2D eigenvalue weighted by atomic mass is 9.83. The van der Waals surface area contributed by atoms with Crippen LogP contribution < -0.4 is 16.4 Å². The fourth-order valence-electron chi connectivity index (χ4n) is 6.02. The van der Waals surface area contributed by atoms with E-state index in [0.29, 0.717) is 25.8 Å². The maximum Gasteiger partial charge on any atom is 0.408 e. The quantitative estimate of drug-likeness (QED) is 0.361. The van der Waals surface area contributed by atoms with E-state index < -0.39 is 47.4 Å².